The van der Waals surface area contributed by atoms with Crippen LogP contribution in [0.5, 0.6) is 0 Å². The fourth-order valence-corrected chi connectivity index (χ4v) is 3.68. The molecule has 0 bridgehead atoms. The monoisotopic (exact) mass is 495 g/mol. The van der Waals surface area contributed by atoms with Crippen molar-refractivity contribution in [3.05, 3.63) is 89.5 Å². The van der Waals surface area contributed by atoms with Gasteiger partial charge in [-0.3, -0.25) is 9.69 Å². The first-order chi connectivity index (χ1) is 17.2. The smallest absolute Gasteiger partial charge is 0.475 e. The molecule has 36 heavy (non-hydrogen) atoms. The van der Waals surface area contributed by atoms with E-state index in [1.54, 1.807) is 24.3 Å². The van der Waals surface area contributed by atoms with Crippen LogP contribution in [0.15, 0.2) is 72.8 Å². The highest BCUT2D eigenvalue weighted by atomic mass is 19.4. The van der Waals surface area contributed by atoms with Gasteiger partial charge in [0.15, 0.2) is 0 Å². The third-order valence-corrected chi connectivity index (χ3v) is 5.53. The van der Waals surface area contributed by atoms with E-state index in [4.69, 9.17) is 15.2 Å². The van der Waals surface area contributed by atoms with Crippen molar-refractivity contribution >= 4 is 17.6 Å². The number of amides is 1. The Morgan fingerprint density at radius 3 is 2.11 bits per heavy atom. The molecule has 0 aromatic heterocycles. The average Bonchev–Trinajstić information content (AvgIpc) is 3.37. The largest absolute Gasteiger partial charge is 0.490 e. The van der Waals surface area contributed by atoms with Gasteiger partial charge in [-0.15, -0.1) is 0 Å². The molecule has 0 radical (unpaired) electrons. The van der Waals surface area contributed by atoms with E-state index >= 15 is 0 Å². The molecule has 3 aromatic carbocycles. The van der Waals surface area contributed by atoms with Crippen molar-refractivity contribution in [1.29, 1.82) is 5.26 Å². The lowest BCUT2D eigenvalue weighted by atomic mass is 10.0. The molecular formula is C27H24F3N3O3. The molecule has 1 aliphatic rings. The fraction of sp³-hybridized carbons (Fsp3) is 0.222. The molecule has 2 N–H and O–H groups in total. The molecular weight excluding hydrogens is 471 g/mol. The molecule has 0 atom stereocenters. The maximum atomic E-state index is 12.5. The summed E-state index contributed by atoms with van der Waals surface area (Å²) < 4.78 is 31.7. The summed E-state index contributed by atoms with van der Waals surface area (Å²) in [6, 6.07) is 25.2. The highest BCUT2D eigenvalue weighted by Crippen LogP contribution is 2.24. The van der Waals surface area contributed by atoms with Gasteiger partial charge >= 0.3 is 12.1 Å². The second-order valence-corrected chi connectivity index (χ2v) is 8.21. The third kappa shape index (κ3) is 7.68. The number of halogens is 3. The number of hydrogen-bond donors (Lipinski definition) is 2. The molecule has 0 aliphatic carbocycles. The van der Waals surface area contributed by atoms with Crippen molar-refractivity contribution in [2.24, 2.45) is 0 Å². The summed E-state index contributed by atoms with van der Waals surface area (Å²) in [5.74, 6) is -2.94. The van der Waals surface area contributed by atoms with Crippen LogP contribution in [0.1, 0.15) is 34.3 Å². The first kappa shape index (κ1) is 26.4. The van der Waals surface area contributed by atoms with Gasteiger partial charge in [0.2, 0.25) is 0 Å². The molecule has 186 valence electrons. The highest BCUT2D eigenvalue weighted by Gasteiger charge is 2.38. The quantitative estimate of drug-likeness (QED) is 0.473. The van der Waals surface area contributed by atoms with Gasteiger partial charge in [-0.1, -0.05) is 36.4 Å². The van der Waals surface area contributed by atoms with E-state index in [1.165, 1.54) is 31.5 Å². The van der Waals surface area contributed by atoms with Gasteiger partial charge in [0, 0.05) is 17.8 Å². The van der Waals surface area contributed by atoms with Crippen LogP contribution in [0.4, 0.5) is 18.9 Å². The molecule has 1 fully saturated rings. The number of hydrogen-bond acceptors (Lipinski definition) is 4. The number of nitriles is 1. The van der Waals surface area contributed by atoms with Crippen LogP contribution in [-0.4, -0.2) is 41.1 Å². The number of anilines is 1. The lowest BCUT2D eigenvalue weighted by Gasteiger charge is -2.15. The average molecular weight is 496 g/mol. The number of carboxylic acid groups (broad SMARTS) is 1. The standard InChI is InChI=1S/C25H23N3O.C2HF3O2/c26-17-19-6-12-22(13-7-19)25(29)27-24-5-3-4-23(16-24)21-10-8-20(9-11-21)18-28-14-1-2-15-28;3-2(4,5)1(6)7/h3-13,16H,1-2,14-15,18H2,(H,27,29);(H,6,7). The summed E-state index contributed by atoms with van der Waals surface area (Å²) in [6.45, 7) is 3.41. The summed E-state index contributed by atoms with van der Waals surface area (Å²) in [5.41, 5.74) is 5.34. The number of likely N-dealkylation sites (tertiary alicyclic amines) is 1. The van der Waals surface area contributed by atoms with E-state index in [-0.39, 0.29) is 5.91 Å². The molecule has 1 saturated heterocycles. The molecule has 0 saturated carbocycles. The second-order valence-electron chi connectivity index (χ2n) is 8.21. The Morgan fingerprint density at radius 1 is 0.944 bits per heavy atom. The van der Waals surface area contributed by atoms with E-state index < -0.39 is 12.1 Å². The highest BCUT2D eigenvalue weighted by molar-refractivity contribution is 6.04. The van der Waals surface area contributed by atoms with Crippen LogP contribution in [0.25, 0.3) is 11.1 Å². The summed E-state index contributed by atoms with van der Waals surface area (Å²) in [4.78, 5) is 23.9. The normalized spacial score (nSPS) is 13.3. The second kappa shape index (κ2) is 12.0. The molecule has 6 nitrogen and oxygen atoms in total. The van der Waals surface area contributed by atoms with Crippen molar-refractivity contribution in [2.45, 2.75) is 25.6 Å². The molecule has 1 amide bonds. The van der Waals surface area contributed by atoms with E-state index in [9.17, 15) is 18.0 Å². The number of nitrogens with one attached hydrogen (secondary N) is 1. The number of nitrogens with zero attached hydrogens (tertiary/aromatic N) is 2. The van der Waals surface area contributed by atoms with E-state index in [0.717, 1.165) is 23.4 Å². The van der Waals surface area contributed by atoms with E-state index in [0.29, 0.717) is 11.1 Å². The van der Waals surface area contributed by atoms with Gasteiger partial charge in [-0.25, -0.2) is 4.79 Å². The molecule has 1 aliphatic heterocycles. The van der Waals surface area contributed by atoms with Gasteiger partial charge < -0.3 is 10.4 Å². The first-order valence-corrected chi connectivity index (χ1v) is 11.2. The maximum absolute atomic E-state index is 12.5. The van der Waals surface area contributed by atoms with Crippen LogP contribution in [-0.2, 0) is 11.3 Å². The number of aliphatic carboxylic acids is 1. The van der Waals surface area contributed by atoms with Crippen molar-refractivity contribution in [1.82, 2.24) is 4.90 Å². The SMILES string of the molecule is N#Cc1ccc(C(=O)Nc2cccc(-c3ccc(CN4CCCC4)cc3)c2)cc1.O=C(O)C(F)(F)F. The number of carbonyl (C=O) groups is 2. The minimum Gasteiger partial charge on any atom is -0.475 e. The Kier molecular flexibility index (Phi) is 8.81. The molecule has 3 aromatic rings. The number of alkyl halides is 3. The Morgan fingerprint density at radius 2 is 1.56 bits per heavy atom. The van der Waals surface area contributed by atoms with Crippen molar-refractivity contribution in [3.63, 3.8) is 0 Å². The van der Waals surface area contributed by atoms with E-state index in [1.807, 2.05) is 24.3 Å². The van der Waals surface area contributed by atoms with Gasteiger partial charge in [0.05, 0.1) is 11.6 Å². The summed E-state index contributed by atoms with van der Waals surface area (Å²) in [5, 5.41) is 18.9. The van der Waals surface area contributed by atoms with Crippen molar-refractivity contribution in [3.8, 4) is 17.2 Å². The molecule has 0 unspecified atom stereocenters. The number of carboxylic acids is 1. The lowest BCUT2D eigenvalue weighted by Crippen LogP contribution is -2.21. The summed E-state index contributed by atoms with van der Waals surface area (Å²) in [6.07, 6.45) is -2.47. The summed E-state index contributed by atoms with van der Waals surface area (Å²) in [7, 11) is 0. The molecule has 0 spiro atoms. The zero-order chi connectivity index (χ0) is 26.1. The number of benzene rings is 3. The fourth-order valence-electron chi connectivity index (χ4n) is 3.68. The minimum atomic E-state index is -5.08. The van der Waals surface area contributed by atoms with Crippen LogP contribution >= 0.6 is 0 Å². The number of carbonyl (C=O) groups excluding carboxylic acids is 1. The van der Waals surface area contributed by atoms with Gasteiger partial charge in [0.25, 0.3) is 5.91 Å². The zero-order valence-corrected chi connectivity index (χ0v) is 19.3. The third-order valence-electron chi connectivity index (χ3n) is 5.53. The van der Waals surface area contributed by atoms with Crippen molar-refractivity contribution in [2.75, 3.05) is 18.4 Å². The van der Waals surface area contributed by atoms with Crippen LogP contribution in [0.2, 0.25) is 0 Å². The predicted molar refractivity (Wildman–Crippen MR) is 129 cm³/mol. The first-order valence-electron chi connectivity index (χ1n) is 11.2. The topological polar surface area (TPSA) is 93.4 Å². The van der Waals surface area contributed by atoms with Gasteiger partial charge in [-0.2, -0.15) is 18.4 Å². The van der Waals surface area contributed by atoms with Crippen molar-refractivity contribution < 1.29 is 27.9 Å². The maximum Gasteiger partial charge on any atom is 0.490 e. The molecule has 1 heterocycles. The van der Waals surface area contributed by atoms with Crippen LogP contribution < -0.4 is 5.32 Å². The van der Waals surface area contributed by atoms with E-state index in [2.05, 4.69) is 40.6 Å². The van der Waals surface area contributed by atoms with Crippen LogP contribution in [0, 0.1) is 11.3 Å². The van der Waals surface area contributed by atoms with Crippen LogP contribution in [0.3, 0.4) is 0 Å². The minimum absolute atomic E-state index is 0.187. The Bertz CT molecular complexity index is 1230. The summed E-state index contributed by atoms with van der Waals surface area (Å²) >= 11 is 0. The predicted octanol–water partition coefficient (Wildman–Crippen LogP) is 5.71. The Hall–Kier alpha value is -4.16. The lowest BCUT2D eigenvalue weighted by molar-refractivity contribution is -0.192. The van der Waals surface area contributed by atoms with Gasteiger partial charge in [0.1, 0.15) is 0 Å². The van der Waals surface area contributed by atoms with Gasteiger partial charge in [-0.05, 0) is 79.0 Å². The Balaban J connectivity index is 0.000000454. The zero-order valence-electron chi connectivity index (χ0n) is 19.3. The number of rotatable bonds is 5. The Labute approximate surface area is 206 Å². The molecule has 4 rings (SSSR count). The molecule has 9 heteroatoms.